The highest BCUT2D eigenvalue weighted by molar-refractivity contribution is 5.81. The molecule has 0 aromatic heterocycles. The number of carbonyl (C=O) groups is 2. The fraction of sp³-hybridized carbons (Fsp3) is 0.875. The van der Waals surface area contributed by atoms with Gasteiger partial charge in [-0.25, -0.2) is 0 Å². The van der Waals surface area contributed by atoms with E-state index in [4.69, 9.17) is 4.74 Å². The lowest BCUT2D eigenvalue weighted by molar-refractivity contribution is -0.153. The molecule has 118 valence electrons. The molecule has 3 rings (SSSR count). The lowest BCUT2D eigenvalue weighted by atomic mass is 10.0. The van der Waals surface area contributed by atoms with Crippen molar-refractivity contribution in [2.45, 2.75) is 51.7 Å². The average molecular weight is 294 g/mol. The molecule has 2 atom stereocenters. The van der Waals surface area contributed by atoms with Gasteiger partial charge in [0, 0.05) is 25.6 Å². The van der Waals surface area contributed by atoms with E-state index in [0.29, 0.717) is 19.0 Å². The molecule has 2 heterocycles. The first kappa shape index (κ1) is 14.8. The molecule has 1 saturated carbocycles. The van der Waals surface area contributed by atoms with Crippen molar-refractivity contribution in [1.82, 2.24) is 9.80 Å². The summed E-state index contributed by atoms with van der Waals surface area (Å²) in [6.07, 6.45) is 4.25. The smallest absolute Gasteiger partial charge is 0.248 e. The number of fused-ring (bicyclic) bond motifs is 1. The summed E-state index contributed by atoms with van der Waals surface area (Å²) in [5, 5.41) is 0. The van der Waals surface area contributed by atoms with Gasteiger partial charge in [-0.1, -0.05) is 13.8 Å². The summed E-state index contributed by atoms with van der Waals surface area (Å²) in [6, 6.07) is 0.0742. The van der Waals surface area contributed by atoms with Crippen molar-refractivity contribution in [2.24, 2.45) is 11.8 Å². The molecule has 2 saturated heterocycles. The van der Waals surface area contributed by atoms with E-state index < -0.39 is 0 Å². The summed E-state index contributed by atoms with van der Waals surface area (Å²) in [5.41, 5.74) is 0. The number of hydrogen-bond donors (Lipinski definition) is 0. The summed E-state index contributed by atoms with van der Waals surface area (Å²) in [4.78, 5) is 28.6. The maximum absolute atomic E-state index is 12.5. The van der Waals surface area contributed by atoms with Crippen LogP contribution >= 0.6 is 0 Å². The minimum Gasteiger partial charge on any atom is -0.364 e. The van der Waals surface area contributed by atoms with Crippen LogP contribution in [0.2, 0.25) is 0 Å². The van der Waals surface area contributed by atoms with Crippen molar-refractivity contribution in [3.8, 4) is 0 Å². The Balaban J connectivity index is 1.67. The van der Waals surface area contributed by atoms with Crippen molar-refractivity contribution in [3.05, 3.63) is 0 Å². The van der Waals surface area contributed by atoms with Crippen molar-refractivity contribution < 1.29 is 14.3 Å². The largest absolute Gasteiger partial charge is 0.364 e. The zero-order valence-electron chi connectivity index (χ0n) is 13.1. The Morgan fingerprint density at radius 3 is 2.62 bits per heavy atom. The molecule has 0 aromatic carbocycles. The fourth-order valence-corrected chi connectivity index (χ4v) is 3.56. The standard InChI is InChI=1S/C16H26N2O3/c1-3-12(4-2)16(20)17-8-13-14(9-17)21-10-15(19)18(13)7-11-5-6-11/h11-14H,3-10H2,1-2H3. The molecule has 0 radical (unpaired) electrons. The van der Waals surface area contributed by atoms with Gasteiger partial charge in [-0.15, -0.1) is 0 Å². The Kier molecular flexibility index (Phi) is 4.20. The molecule has 21 heavy (non-hydrogen) atoms. The first-order chi connectivity index (χ1) is 10.1. The molecule has 5 heteroatoms. The SMILES string of the molecule is CCC(CC)C(=O)N1CC2OCC(=O)N(CC3CC3)C2C1. The molecule has 5 nitrogen and oxygen atoms in total. The Morgan fingerprint density at radius 2 is 2.00 bits per heavy atom. The average Bonchev–Trinajstić information content (AvgIpc) is 3.19. The number of amides is 2. The van der Waals surface area contributed by atoms with Gasteiger partial charge in [0.05, 0.1) is 12.1 Å². The molecule has 1 aliphatic carbocycles. The summed E-state index contributed by atoms with van der Waals surface area (Å²) >= 11 is 0. The second-order valence-corrected chi connectivity index (χ2v) is 6.66. The third-order valence-electron chi connectivity index (χ3n) is 5.18. The molecule has 0 spiro atoms. The molecule has 2 amide bonds. The van der Waals surface area contributed by atoms with Gasteiger partial charge in [0.25, 0.3) is 0 Å². The second kappa shape index (κ2) is 5.95. The van der Waals surface area contributed by atoms with E-state index in [1.165, 1.54) is 12.8 Å². The Labute approximate surface area is 126 Å². The molecule has 3 fully saturated rings. The molecular formula is C16H26N2O3. The number of ether oxygens (including phenoxy) is 1. The summed E-state index contributed by atoms with van der Waals surface area (Å²) in [5.74, 6) is 1.12. The molecule has 0 bridgehead atoms. The third kappa shape index (κ3) is 2.93. The van der Waals surface area contributed by atoms with Gasteiger partial charge >= 0.3 is 0 Å². The minimum absolute atomic E-state index is 0.0137. The fourth-order valence-electron chi connectivity index (χ4n) is 3.56. The van der Waals surface area contributed by atoms with Crippen LogP contribution in [-0.4, -0.2) is 60.0 Å². The number of nitrogens with zero attached hydrogens (tertiary/aromatic N) is 2. The summed E-state index contributed by atoms with van der Waals surface area (Å²) < 4.78 is 5.69. The molecule has 2 aliphatic heterocycles. The first-order valence-corrected chi connectivity index (χ1v) is 8.33. The lowest BCUT2D eigenvalue weighted by Crippen LogP contribution is -2.54. The van der Waals surface area contributed by atoms with Crippen molar-refractivity contribution in [2.75, 3.05) is 26.2 Å². The van der Waals surface area contributed by atoms with E-state index in [1.807, 2.05) is 9.80 Å². The zero-order chi connectivity index (χ0) is 15.0. The van der Waals surface area contributed by atoms with Gasteiger partial charge < -0.3 is 14.5 Å². The summed E-state index contributed by atoms with van der Waals surface area (Å²) in [7, 11) is 0. The van der Waals surface area contributed by atoms with Crippen LogP contribution in [0.3, 0.4) is 0 Å². The topological polar surface area (TPSA) is 49.9 Å². The maximum atomic E-state index is 12.5. The van der Waals surface area contributed by atoms with Crippen LogP contribution in [-0.2, 0) is 14.3 Å². The normalized spacial score (nSPS) is 29.2. The minimum atomic E-state index is 0.0137. The molecule has 0 aromatic rings. The number of rotatable bonds is 5. The Morgan fingerprint density at radius 1 is 1.29 bits per heavy atom. The number of carbonyl (C=O) groups excluding carboxylic acids is 2. The van der Waals surface area contributed by atoms with Gasteiger partial charge in [0.15, 0.2) is 0 Å². The van der Waals surface area contributed by atoms with Crippen LogP contribution in [0.5, 0.6) is 0 Å². The van der Waals surface area contributed by atoms with Crippen molar-refractivity contribution >= 4 is 11.8 Å². The van der Waals surface area contributed by atoms with Crippen LogP contribution in [0, 0.1) is 11.8 Å². The van der Waals surface area contributed by atoms with Crippen LogP contribution in [0.1, 0.15) is 39.5 Å². The van der Waals surface area contributed by atoms with Crippen LogP contribution in [0.4, 0.5) is 0 Å². The highest BCUT2D eigenvalue weighted by Crippen LogP contribution is 2.33. The first-order valence-electron chi connectivity index (χ1n) is 8.33. The van der Waals surface area contributed by atoms with Crippen LogP contribution in [0.15, 0.2) is 0 Å². The lowest BCUT2D eigenvalue weighted by Gasteiger charge is -2.36. The van der Waals surface area contributed by atoms with E-state index in [2.05, 4.69) is 13.8 Å². The number of morpholine rings is 1. The molecule has 3 aliphatic rings. The zero-order valence-corrected chi connectivity index (χ0v) is 13.1. The van der Waals surface area contributed by atoms with Gasteiger partial charge in [-0.3, -0.25) is 9.59 Å². The maximum Gasteiger partial charge on any atom is 0.248 e. The van der Waals surface area contributed by atoms with Gasteiger partial charge in [-0.05, 0) is 31.6 Å². The highest BCUT2D eigenvalue weighted by Gasteiger charge is 2.46. The van der Waals surface area contributed by atoms with Crippen molar-refractivity contribution in [1.29, 1.82) is 0 Å². The quantitative estimate of drug-likeness (QED) is 0.767. The van der Waals surface area contributed by atoms with Crippen molar-refractivity contribution in [3.63, 3.8) is 0 Å². The predicted molar refractivity (Wildman–Crippen MR) is 78.6 cm³/mol. The van der Waals surface area contributed by atoms with E-state index >= 15 is 0 Å². The van der Waals surface area contributed by atoms with E-state index in [-0.39, 0.29) is 36.5 Å². The highest BCUT2D eigenvalue weighted by atomic mass is 16.5. The predicted octanol–water partition coefficient (Wildman–Crippen LogP) is 1.27. The number of likely N-dealkylation sites (tertiary alicyclic amines) is 1. The van der Waals surface area contributed by atoms with Gasteiger partial charge in [0.2, 0.25) is 11.8 Å². The van der Waals surface area contributed by atoms with Crippen LogP contribution in [0.25, 0.3) is 0 Å². The van der Waals surface area contributed by atoms with E-state index in [0.717, 1.165) is 19.4 Å². The Hall–Kier alpha value is -1.10. The number of hydrogen-bond acceptors (Lipinski definition) is 3. The molecule has 2 unspecified atom stereocenters. The second-order valence-electron chi connectivity index (χ2n) is 6.66. The van der Waals surface area contributed by atoms with E-state index in [9.17, 15) is 9.59 Å². The molecular weight excluding hydrogens is 268 g/mol. The van der Waals surface area contributed by atoms with E-state index in [1.54, 1.807) is 0 Å². The van der Waals surface area contributed by atoms with Gasteiger partial charge in [0.1, 0.15) is 6.61 Å². The Bertz CT molecular complexity index is 418. The van der Waals surface area contributed by atoms with Crippen LogP contribution < -0.4 is 0 Å². The molecule has 0 N–H and O–H groups in total. The monoisotopic (exact) mass is 294 g/mol. The van der Waals surface area contributed by atoms with Gasteiger partial charge in [-0.2, -0.15) is 0 Å². The summed E-state index contributed by atoms with van der Waals surface area (Å²) in [6.45, 7) is 6.47. The third-order valence-corrected chi connectivity index (χ3v) is 5.18.